The van der Waals surface area contributed by atoms with Crippen LogP contribution in [0.1, 0.15) is 28.4 Å². The zero-order valence-electron chi connectivity index (χ0n) is 18.7. The minimum absolute atomic E-state index is 0.226. The first-order valence-corrected chi connectivity index (χ1v) is 12.3. The zero-order chi connectivity index (χ0) is 24.9. The number of thioether (sulfide) groups is 1. The van der Waals surface area contributed by atoms with Crippen LogP contribution in [0.25, 0.3) is 6.08 Å². The first-order chi connectivity index (χ1) is 16.9. The number of carbonyl (C=O) groups excluding carboxylic acids is 2. The minimum Gasteiger partial charge on any atom is -0.490 e. The van der Waals surface area contributed by atoms with Crippen LogP contribution in [0.5, 0.6) is 11.5 Å². The summed E-state index contributed by atoms with van der Waals surface area (Å²) in [4.78, 5) is 26.8. The van der Waals surface area contributed by atoms with E-state index in [1.165, 1.54) is 4.90 Å². The Bertz CT molecular complexity index is 1340. The lowest BCUT2D eigenvalue weighted by Gasteiger charge is -2.17. The fourth-order valence-corrected chi connectivity index (χ4v) is 4.95. The number of rotatable bonds is 8. The van der Waals surface area contributed by atoms with E-state index in [0.29, 0.717) is 38.0 Å². The molecule has 3 aromatic rings. The molecule has 178 valence electrons. The van der Waals surface area contributed by atoms with Crippen LogP contribution in [-0.2, 0) is 11.4 Å². The van der Waals surface area contributed by atoms with Gasteiger partial charge in [0.1, 0.15) is 6.61 Å². The molecule has 1 saturated heterocycles. The maximum Gasteiger partial charge on any atom is 0.270 e. The van der Waals surface area contributed by atoms with Gasteiger partial charge in [0.2, 0.25) is 0 Å². The molecule has 0 radical (unpaired) electrons. The average Bonchev–Trinajstić information content (AvgIpc) is 3.12. The molecule has 2 amide bonds. The highest BCUT2D eigenvalue weighted by Gasteiger charge is 2.35. The highest BCUT2D eigenvalue weighted by atomic mass is 35.5. The monoisotopic (exact) mass is 524 g/mol. The number of thiocarbonyl (C=S) groups is 1. The van der Waals surface area contributed by atoms with E-state index in [2.05, 4.69) is 0 Å². The van der Waals surface area contributed by atoms with Gasteiger partial charge >= 0.3 is 0 Å². The fourth-order valence-electron chi connectivity index (χ4n) is 3.48. The molecule has 6 nitrogen and oxygen atoms in total. The van der Waals surface area contributed by atoms with Crippen molar-refractivity contribution < 1.29 is 19.1 Å². The summed E-state index contributed by atoms with van der Waals surface area (Å²) in [7, 11) is 0. The van der Waals surface area contributed by atoms with E-state index in [-0.39, 0.29) is 18.1 Å². The van der Waals surface area contributed by atoms with Crippen molar-refractivity contribution in [2.75, 3.05) is 11.5 Å². The van der Waals surface area contributed by atoms with Crippen molar-refractivity contribution in [1.82, 2.24) is 0 Å². The zero-order valence-corrected chi connectivity index (χ0v) is 21.1. The number of hydrogen-bond acceptors (Lipinski definition) is 6. The Balaban J connectivity index is 1.59. The van der Waals surface area contributed by atoms with Crippen LogP contribution in [0, 0.1) is 0 Å². The molecular formula is C26H21ClN2O4S2. The fraction of sp³-hybridized carbons (Fsp3) is 0.115. The average molecular weight is 525 g/mol. The van der Waals surface area contributed by atoms with Gasteiger partial charge in [0, 0.05) is 10.6 Å². The molecule has 2 N–H and O–H groups in total. The predicted molar refractivity (Wildman–Crippen MR) is 144 cm³/mol. The van der Waals surface area contributed by atoms with Crippen LogP contribution >= 0.6 is 35.6 Å². The topological polar surface area (TPSA) is 81.9 Å². The third-order valence-electron chi connectivity index (χ3n) is 5.11. The second-order valence-electron chi connectivity index (χ2n) is 7.42. The van der Waals surface area contributed by atoms with Gasteiger partial charge in [0.15, 0.2) is 15.8 Å². The number of nitrogens with zero attached hydrogens (tertiary/aromatic N) is 1. The lowest BCUT2D eigenvalue weighted by molar-refractivity contribution is -0.113. The summed E-state index contributed by atoms with van der Waals surface area (Å²) >= 11 is 12.8. The smallest absolute Gasteiger partial charge is 0.270 e. The predicted octanol–water partition coefficient (Wildman–Crippen LogP) is 5.82. The third kappa shape index (κ3) is 5.51. The van der Waals surface area contributed by atoms with Gasteiger partial charge in [-0.25, -0.2) is 0 Å². The number of ether oxygens (including phenoxy) is 2. The lowest BCUT2D eigenvalue weighted by atomic mass is 10.1. The maximum atomic E-state index is 13.2. The molecule has 1 heterocycles. The summed E-state index contributed by atoms with van der Waals surface area (Å²) in [5.74, 6) is 0.146. The molecule has 0 bridgehead atoms. The standard InChI is InChI=1S/C26H21ClN2O4S2/c1-2-32-22-13-16(11-12-21(22)33-15-17-7-3-5-9-19(17)27)14-23-25(31)29(26(34)35-23)20-10-6-4-8-18(20)24(28)30/h3-14H,2,15H2,1H3,(H2,28,30)/b23-14-. The van der Waals surface area contributed by atoms with Crippen molar-refractivity contribution in [3.8, 4) is 11.5 Å². The van der Waals surface area contributed by atoms with Gasteiger partial charge in [0.05, 0.1) is 22.8 Å². The van der Waals surface area contributed by atoms with Gasteiger partial charge in [-0.2, -0.15) is 0 Å². The molecule has 0 saturated carbocycles. The molecule has 3 aromatic carbocycles. The van der Waals surface area contributed by atoms with E-state index in [0.717, 1.165) is 22.9 Å². The number of amides is 2. The molecular weight excluding hydrogens is 504 g/mol. The van der Waals surface area contributed by atoms with Crippen LogP contribution in [-0.4, -0.2) is 22.7 Å². The number of para-hydroxylation sites is 1. The van der Waals surface area contributed by atoms with E-state index in [1.807, 2.05) is 37.3 Å². The number of anilines is 1. The highest BCUT2D eigenvalue weighted by Crippen LogP contribution is 2.38. The molecule has 4 rings (SSSR count). The van der Waals surface area contributed by atoms with E-state index in [4.69, 9.17) is 39.0 Å². The van der Waals surface area contributed by atoms with Gasteiger partial charge in [-0.05, 0) is 48.9 Å². The Hall–Kier alpha value is -3.33. The number of carbonyl (C=O) groups is 2. The Morgan fingerprint density at radius 3 is 2.57 bits per heavy atom. The third-order valence-corrected chi connectivity index (χ3v) is 6.78. The summed E-state index contributed by atoms with van der Waals surface area (Å²) in [5.41, 5.74) is 7.68. The molecule has 1 aliphatic rings. The van der Waals surface area contributed by atoms with Crippen molar-refractivity contribution in [3.63, 3.8) is 0 Å². The van der Waals surface area contributed by atoms with Crippen LogP contribution < -0.4 is 20.1 Å². The molecule has 0 atom stereocenters. The SMILES string of the molecule is CCOc1cc(/C=C2\SC(=S)N(c3ccccc3C(N)=O)C2=O)ccc1OCc1ccccc1Cl. The highest BCUT2D eigenvalue weighted by molar-refractivity contribution is 8.27. The van der Waals surface area contributed by atoms with Crippen LogP contribution in [0.3, 0.4) is 0 Å². The summed E-state index contributed by atoms with van der Waals surface area (Å²) in [5, 5.41) is 0.627. The number of halogens is 1. The van der Waals surface area contributed by atoms with Crippen LogP contribution in [0.2, 0.25) is 5.02 Å². The molecule has 9 heteroatoms. The number of hydrogen-bond donors (Lipinski definition) is 1. The first-order valence-electron chi connectivity index (χ1n) is 10.7. The Morgan fingerprint density at radius 2 is 1.83 bits per heavy atom. The van der Waals surface area contributed by atoms with E-state index >= 15 is 0 Å². The Labute approximate surface area is 217 Å². The number of nitrogens with two attached hydrogens (primary N) is 1. The molecule has 1 aliphatic heterocycles. The Kier molecular flexibility index (Phi) is 7.75. The molecule has 0 aliphatic carbocycles. The summed E-state index contributed by atoms with van der Waals surface area (Å²) in [6, 6.07) is 19.5. The maximum absolute atomic E-state index is 13.2. The first kappa shape index (κ1) is 24.8. The minimum atomic E-state index is -0.632. The van der Waals surface area contributed by atoms with Crippen molar-refractivity contribution in [2.45, 2.75) is 13.5 Å². The number of primary amides is 1. The van der Waals surface area contributed by atoms with Gasteiger partial charge in [-0.1, -0.05) is 72.0 Å². The largest absolute Gasteiger partial charge is 0.490 e. The second kappa shape index (κ2) is 10.9. The van der Waals surface area contributed by atoms with Gasteiger partial charge in [0.25, 0.3) is 11.8 Å². The molecule has 0 unspecified atom stereocenters. The quantitative estimate of drug-likeness (QED) is 0.295. The second-order valence-corrected chi connectivity index (χ2v) is 9.50. The lowest BCUT2D eigenvalue weighted by Crippen LogP contribution is -2.30. The van der Waals surface area contributed by atoms with Gasteiger partial charge in [-0.15, -0.1) is 0 Å². The van der Waals surface area contributed by atoms with Crippen molar-refractivity contribution >= 4 is 63.5 Å². The van der Waals surface area contributed by atoms with Gasteiger partial charge < -0.3 is 15.2 Å². The van der Waals surface area contributed by atoms with Crippen molar-refractivity contribution in [2.24, 2.45) is 5.73 Å². The van der Waals surface area contributed by atoms with Crippen LogP contribution in [0.15, 0.2) is 71.6 Å². The molecule has 35 heavy (non-hydrogen) atoms. The van der Waals surface area contributed by atoms with Gasteiger partial charge in [-0.3, -0.25) is 14.5 Å². The summed E-state index contributed by atoms with van der Waals surface area (Å²) in [6.45, 7) is 2.61. The number of benzene rings is 3. The van der Waals surface area contributed by atoms with Crippen molar-refractivity contribution in [3.05, 3.63) is 93.3 Å². The Morgan fingerprint density at radius 1 is 1.09 bits per heavy atom. The van der Waals surface area contributed by atoms with E-state index in [9.17, 15) is 9.59 Å². The molecule has 1 fully saturated rings. The molecule has 0 aromatic heterocycles. The summed E-state index contributed by atoms with van der Waals surface area (Å²) in [6.07, 6.45) is 1.73. The van der Waals surface area contributed by atoms with Crippen molar-refractivity contribution in [1.29, 1.82) is 0 Å². The molecule has 0 spiro atoms. The van der Waals surface area contributed by atoms with E-state index in [1.54, 1.807) is 42.5 Å². The summed E-state index contributed by atoms with van der Waals surface area (Å²) < 4.78 is 12.0. The normalized spacial score (nSPS) is 14.5. The van der Waals surface area contributed by atoms with E-state index < -0.39 is 5.91 Å². The van der Waals surface area contributed by atoms with Crippen LogP contribution in [0.4, 0.5) is 5.69 Å².